The molecule has 0 saturated heterocycles. The lowest BCUT2D eigenvalue weighted by Crippen LogP contribution is -2.49. The molecule has 5 heteroatoms. The van der Waals surface area contributed by atoms with E-state index in [0.29, 0.717) is 0 Å². The van der Waals surface area contributed by atoms with Gasteiger partial charge in [-0.2, -0.15) is 0 Å². The van der Waals surface area contributed by atoms with Gasteiger partial charge in [-0.15, -0.1) is 0 Å². The van der Waals surface area contributed by atoms with E-state index < -0.39 is 0 Å². The van der Waals surface area contributed by atoms with Crippen LogP contribution >= 0.6 is 0 Å². The molecule has 0 saturated carbocycles. The van der Waals surface area contributed by atoms with Crippen molar-refractivity contribution >= 4 is 23.2 Å². The largest absolute Gasteiger partial charge is 0.372 e. The van der Waals surface area contributed by atoms with E-state index in [1.165, 1.54) is 4.90 Å². The van der Waals surface area contributed by atoms with Crippen molar-refractivity contribution in [1.29, 1.82) is 0 Å². The van der Waals surface area contributed by atoms with Gasteiger partial charge in [-0.1, -0.05) is 12.1 Å². The van der Waals surface area contributed by atoms with Gasteiger partial charge >= 0.3 is 0 Å². The van der Waals surface area contributed by atoms with Crippen LogP contribution in [0.1, 0.15) is 6.92 Å². The van der Waals surface area contributed by atoms with E-state index >= 15 is 0 Å². The van der Waals surface area contributed by atoms with E-state index in [9.17, 15) is 9.59 Å². The summed E-state index contributed by atoms with van der Waals surface area (Å²) in [4.78, 5) is 24.9. The predicted octanol–water partition coefficient (Wildman–Crippen LogP) is 0.580. The maximum Gasteiger partial charge on any atom is 0.249 e. The van der Waals surface area contributed by atoms with Gasteiger partial charge in [-0.05, 0) is 19.1 Å². The first-order chi connectivity index (χ1) is 8.13. The smallest absolute Gasteiger partial charge is 0.249 e. The summed E-state index contributed by atoms with van der Waals surface area (Å²) in [5.41, 5.74) is 1.63. The summed E-state index contributed by atoms with van der Waals surface area (Å²) in [5.74, 6) is -0.269. The minimum absolute atomic E-state index is 0.0539. The number of likely N-dealkylation sites (N-methyl/N-ethyl adjacent to an activating group) is 1. The number of para-hydroxylation sites is 2. The number of nitrogens with zero attached hydrogens (tertiary/aromatic N) is 1. The third kappa shape index (κ3) is 2.08. The maximum atomic E-state index is 12.0. The van der Waals surface area contributed by atoms with Gasteiger partial charge in [0.05, 0.1) is 11.4 Å². The molecule has 0 fully saturated rings. The van der Waals surface area contributed by atoms with Gasteiger partial charge in [-0.25, -0.2) is 0 Å². The Balaban J connectivity index is 2.35. The first-order valence-electron chi connectivity index (χ1n) is 5.51. The molecule has 1 aromatic carbocycles. The Morgan fingerprint density at radius 1 is 1.47 bits per heavy atom. The summed E-state index contributed by atoms with van der Waals surface area (Å²) in [5, 5.41) is 5.63. The fourth-order valence-corrected chi connectivity index (χ4v) is 1.86. The molecule has 0 bridgehead atoms. The number of benzene rings is 1. The molecule has 2 rings (SSSR count). The molecular weight excluding hydrogens is 218 g/mol. The highest BCUT2D eigenvalue weighted by atomic mass is 16.2. The molecule has 1 aliphatic heterocycles. The van der Waals surface area contributed by atoms with Crippen LogP contribution in [0.25, 0.3) is 0 Å². The molecule has 0 spiro atoms. The quantitative estimate of drug-likeness (QED) is 0.785. The fraction of sp³-hybridized carbons (Fsp3) is 0.333. The zero-order valence-electron chi connectivity index (χ0n) is 9.86. The lowest BCUT2D eigenvalue weighted by molar-refractivity contribution is -0.123. The van der Waals surface area contributed by atoms with Crippen molar-refractivity contribution in [3.05, 3.63) is 24.3 Å². The highest BCUT2D eigenvalue weighted by molar-refractivity contribution is 6.07. The lowest BCUT2D eigenvalue weighted by Gasteiger charge is -2.33. The Kier molecular flexibility index (Phi) is 2.99. The van der Waals surface area contributed by atoms with Crippen LogP contribution in [-0.2, 0) is 9.59 Å². The summed E-state index contributed by atoms with van der Waals surface area (Å²) in [6.45, 7) is 1.84. The summed E-state index contributed by atoms with van der Waals surface area (Å²) in [6.07, 6.45) is 0. The molecule has 0 aromatic heterocycles. The molecule has 1 unspecified atom stereocenters. The molecule has 5 nitrogen and oxygen atoms in total. The van der Waals surface area contributed by atoms with Crippen LogP contribution < -0.4 is 15.5 Å². The third-order valence-corrected chi connectivity index (χ3v) is 2.78. The lowest BCUT2D eigenvalue weighted by atomic mass is 10.1. The number of fused-ring (bicyclic) bond motifs is 1. The van der Waals surface area contributed by atoms with E-state index in [-0.39, 0.29) is 24.4 Å². The van der Waals surface area contributed by atoms with Gasteiger partial charge in [-0.3, -0.25) is 14.5 Å². The predicted molar refractivity (Wildman–Crippen MR) is 65.9 cm³/mol. The van der Waals surface area contributed by atoms with Crippen molar-refractivity contribution in [1.82, 2.24) is 5.32 Å². The Hall–Kier alpha value is -2.04. The average molecular weight is 233 g/mol. The second-order valence-corrected chi connectivity index (χ2v) is 3.98. The van der Waals surface area contributed by atoms with Gasteiger partial charge in [0.15, 0.2) is 0 Å². The van der Waals surface area contributed by atoms with E-state index in [2.05, 4.69) is 10.6 Å². The van der Waals surface area contributed by atoms with Crippen LogP contribution in [0.2, 0.25) is 0 Å². The topological polar surface area (TPSA) is 61.4 Å². The number of nitrogens with one attached hydrogen (secondary N) is 2. The second-order valence-electron chi connectivity index (χ2n) is 3.98. The number of amides is 2. The van der Waals surface area contributed by atoms with Crippen LogP contribution in [0.4, 0.5) is 11.4 Å². The Morgan fingerprint density at radius 2 is 2.18 bits per heavy atom. The minimum atomic E-state index is -0.311. The summed E-state index contributed by atoms with van der Waals surface area (Å²) < 4.78 is 0. The van der Waals surface area contributed by atoms with E-state index in [1.807, 2.05) is 24.3 Å². The number of rotatable bonds is 2. The van der Waals surface area contributed by atoms with Crippen LogP contribution in [-0.4, -0.2) is 31.4 Å². The SMILES string of the molecule is CNC(=O)CN1C(=O)C(C)Nc2ccccc21. The zero-order chi connectivity index (χ0) is 12.4. The molecule has 1 atom stereocenters. The molecule has 2 N–H and O–H groups in total. The average Bonchev–Trinajstić information content (AvgIpc) is 2.34. The van der Waals surface area contributed by atoms with Gasteiger partial charge in [0.2, 0.25) is 11.8 Å². The number of hydrogen-bond acceptors (Lipinski definition) is 3. The normalized spacial score (nSPS) is 18.4. The van der Waals surface area contributed by atoms with Gasteiger partial charge in [0, 0.05) is 7.05 Å². The number of carbonyl (C=O) groups excluding carboxylic acids is 2. The maximum absolute atomic E-state index is 12.0. The monoisotopic (exact) mass is 233 g/mol. The Bertz CT molecular complexity index is 459. The second kappa shape index (κ2) is 4.45. The Labute approximate surface area is 99.8 Å². The molecule has 2 amide bonds. The molecular formula is C12H15N3O2. The third-order valence-electron chi connectivity index (χ3n) is 2.78. The summed E-state index contributed by atoms with van der Waals surface area (Å²) in [6, 6.07) is 7.16. The van der Waals surface area contributed by atoms with E-state index in [4.69, 9.17) is 0 Å². The Morgan fingerprint density at radius 3 is 2.88 bits per heavy atom. The number of carbonyl (C=O) groups is 2. The van der Waals surface area contributed by atoms with Crippen molar-refractivity contribution in [2.24, 2.45) is 0 Å². The van der Waals surface area contributed by atoms with Crippen molar-refractivity contribution in [3.8, 4) is 0 Å². The standard InChI is InChI=1S/C12H15N3O2/c1-8-12(17)15(7-11(16)13-2)10-6-4-3-5-9(10)14-8/h3-6,8,14H,7H2,1-2H3,(H,13,16). The molecule has 90 valence electrons. The first-order valence-corrected chi connectivity index (χ1v) is 5.51. The first kappa shape index (κ1) is 11.4. The highest BCUT2D eigenvalue weighted by Gasteiger charge is 2.30. The molecule has 17 heavy (non-hydrogen) atoms. The van der Waals surface area contributed by atoms with Crippen LogP contribution in [0, 0.1) is 0 Å². The zero-order valence-corrected chi connectivity index (χ0v) is 9.86. The fourth-order valence-electron chi connectivity index (χ4n) is 1.86. The van der Waals surface area contributed by atoms with Crippen molar-refractivity contribution < 1.29 is 9.59 Å². The number of anilines is 2. The minimum Gasteiger partial charge on any atom is -0.372 e. The molecule has 0 radical (unpaired) electrons. The number of hydrogen-bond donors (Lipinski definition) is 2. The van der Waals surface area contributed by atoms with Crippen molar-refractivity contribution in [2.45, 2.75) is 13.0 Å². The molecule has 1 aliphatic rings. The van der Waals surface area contributed by atoms with Gasteiger partial charge < -0.3 is 10.6 Å². The molecule has 0 aliphatic carbocycles. The van der Waals surface area contributed by atoms with Crippen LogP contribution in [0.3, 0.4) is 0 Å². The molecule has 1 aromatic rings. The van der Waals surface area contributed by atoms with Crippen molar-refractivity contribution in [2.75, 3.05) is 23.8 Å². The van der Waals surface area contributed by atoms with Crippen molar-refractivity contribution in [3.63, 3.8) is 0 Å². The van der Waals surface area contributed by atoms with Crippen LogP contribution in [0.5, 0.6) is 0 Å². The van der Waals surface area contributed by atoms with Gasteiger partial charge in [0.25, 0.3) is 0 Å². The summed E-state index contributed by atoms with van der Waals surface area (Å²) >= 11 is 0. The van der Waals surface area contributed by atoms with E-state index in [1.54, 1.807) is 14.0 Å². The molecule has 1 heterocycles. The highest BCUT2D eigenvalue weighted by Crippen LogP contribution is 2.30. The van der Waals surface area contributed by atoms with Crippen LogP contribution in [0.15, 0.2) is 24.3 Å². The summed E-state index contributed by atoms with van der Waals surface area (Å²) in [7, 11) is 1.56. The van der Waals surface area contributed by atoms with Gasteiger partial charge in [0.1, 0.15) is 12.6 Å². The van der Waals surface area contributed by atoms with E-state index in [0.717, 1.165) is 11.4 Å².